The SMILES string of the molecule is CCN1CCN(Cc2ccccc2CNC(=NC)NC2CCN(C(C)C)CC2)CC1.I. The standard InChI is InChI=1S/C24H42N6.HI/c1-5-28-14-16-29(17-15-28)19-22-9-7-6-8-21(22)18-26-24(25-4)27-23-10-12-30(13-11-23)20(2)3;/h6-9,20,23H,5,10-19H2,1-4H3,(H2,25,26,27);1H. The van der Waals surface area contributed by atoms with Crippen molar-refractivity contribution in [1.82, 2.24) is 25.3 Å². The summed E-state index contributed by atoms with van der Waals surface area (Å²) in [5, 5.41) is 7.20. The lowest BCUT2D eigenvalue weighted by Crippen LogP contribution is -2.49. The van der Waals surface area contributed by atoms with E-state index in [0.29, 0.717) is 12.1 Å². The molecule has 6 nitrogen and oxygen atoms in total. The number of rotatable bonds is 7. The molecule has 0 spiro atoms. The minimum Gasteiger partial charge on any atom is -0.354 e. The Bertz CT molecular complexity index is 664. The summed E-state index contributed by atoms with van der Waals surface area (Å²) in [6.07, 6.45) is 2.36. The lowest BCUT2D eigenvalue weighted by atomic mass is 10.0. The Hall–Kier alpha value is -0.900. The molecule has 0 bridgehead atoms. The Balaban J connectivity index is 0.00000341. The third kappa shape index (κ3) is 8.18. The Kier molecular flexibility index (Phi) is 11.6. The molecular weight excluding hydrogens is 499 g/mol. The Morgan fingerprint density at radius 1 is 1.00 bits per heavy atom. The summed E-state index contributed by atoms with van der Waals surface area (Å²) < 4.78 is 0. The van der Waals surface area contributed by atoms with Gasteiger partial charge >= 0.3 is 0 Å². The first-order valence-corrected chi connectivity index (χ1v) is 11.8. The molecule has 0 aliphatic carbocycles. The number of hydrogen-bond donors (Lipinski definition) is 2. The Labute approximate surface area is 206 Å². The normalized spacial score (nSPS) is 20.0. The lowest BCUT2D eigenvalue weighted by Gasteiger charge is -2.35. The minimum absolute atomic E-state index is 0. The van der Waals surface area contributed by atoms with Gasteiger partial charge in [-0.1, -0.05) is 31.2 Å². The number of hydrogen-bond acceptors (Lipinski definition) is 4. The van der Waals surface area contributed by atoms with E-state index < -0.39 is 0 Å². The number of guanidine groups is 1. The molecule has 0 aromatic heterocycles. The van der Waals surface area contributed by atoms with Crippen LogP contribution in [0.2, 0.25) is 0 Å². The zero-order chi connectivity index (χ0) is 21.3. The van der Waals surface area contributed by atoms with Gasteiger partial charge in [0, 0.05) is 71.5 Å². The van der Waals surface area contributed by atoms with E-state index in [0.717, 1.165) is 38.7 Å². The van der Waals surface area contributed by atoms with Crippen LogP contribution in [0.4, 0.5) is 0 Å². The molecule has 0 radical (unpaired) electrons. The number of halogens is 1. The fourth-order valence-electron chi connectivity index (χ4n) is 4.52. The van der Waals surface area contributed by atoms with Crippen LogP contribution in [-0.2, 0) is 13.1 Å². The van der Waals surface area contributed by atoms with E-state index in [-0.39, 0.29) is 24.0 Å². The van der Waals surface area contributed by atoms with Crippen LogP contribution in [0, 0.1) is 0 Å². The molecule has 7 heteroatoms. The monoisotopic (exact) mass is 542 g/mol. The summed E-state index contributed by atoms with van der Waals surface area (Å²) in [6.45, 7) is 16.9. The molecule has 2 aliphatic rings. The summed E-state index contributed by atoms with van der Waals surface area (Å²) in [7, 11) is 1.87. The molecule has 3 rings (SSSR count). The average molecular weight is 543 g/mol. The van der Waals surface area contributed by atoms with E-state index in [1.54, 1.807) is 0 Å². The third-order valence-corrected chi connectivity index (χ3v) is 6.70. The second kappa shape index (κ2) is 13.6. The van der Waals surface area contributed by atoms with Gasteiger partial charge in [-0.2, -0.15) is 0 Å². The molecule has 1 aromatic rings. The first-order valence-electron chi connectivity index (χ1n) is 11.8. The number of likely N-dealkylation sites (tertiary alicyclic amines) is 1. The van der Waals surface area contributed by atoms with Crippen molar-refractivity contribution in [3.63, 3.8) is 0 Å². The van der Waals surface area contributed by atoms with Crippen molar-refractivity contribution in [2.24, 2.45) is 4.99 Å². The van der Waals surface area contributed by atoms with Gasteiger partial charge in [0.25, 0.3) is 0 Å². The number of nitrogens with zero attached hydrogens (tertiary/aromatic N) is 4. The topological polar surface area (TPSA) is 46.1 Å². The van der Waals surface area contributed by atoms with E-state index in [2.05, 4.69) is 75.4 Å². The van der Waals surface area contributed by atoms with Crippen molar-refractivity contribution < 1.29 is 0 Å². The number of nitrogens with one attached hydrogen (secondary N) is 2. The van der Waals surface area contributed by atoms with Gasteiger partial charge in [0.1, 0.15) is 0 Å². The van der Waals surface area contributed by atoms with Crippen LogP contribution in [-0.4, -0.2) is 85.6 Å². The van der Waals surface area contributed by atoms with Gasteiger partial charge in [0.2, 0.25) is 0 Å². The minimum atomic E-state index is 0. The molecule has 0 unspecified atom stereocenters. The highest BCUT2D eigenvalue weighted by Gasteiger charge is 2.21. The number of piperidine rings is 1. The molecule has 31 heavy (non-hydrogen) atoms. The Morgan fingerprint density at radius 2 is 1.61 bits per heavy atom. The second-order valence-corrected chi connectivity index (χ2v) is 8.95. The maximum absolute atomic E-state index is 4.48. The predicted molar refractivity (Wildman–Crippen MR) is 142 cm³/mol. The Morgan fingerprint density at radius 3 is 2.19 bits per heavy atom. The fraction of sp³-hybridized carbons (Fsp3) is 0.708. The zero-order valence-electron chi connectivity index (χ0n) is 19.9. The first kappa shape index (κ1) is 26.4. The van der Waals surface area contributed by atoms with Gasteiger partial charge in [0.05, 0.1) is 0 Å². The number of benzene rings is 1. The van der Waals surface area contributed by atoms with Crippen molar-refractivity contribution in [1.29, 1.82) is 0 Å². The summed E-state index contributed by atoms with van der Waals surface area (Å²) in [4.78, 5) is 12.2. The van der Waals surface area contributed by atoms with Crippen molar-refractivity contribution >= 4 is 29.9 Å². The largest absolute Gasteiger partial charge is 0.354 e. The fourth-order valence-corrected chi connectivity index (χ4v) is 4.52. The maximum Gasteiger partial charge on any atom is 0.191 e. The molecule has 2 heterocycles. The van der Waals surface area contributed by atoms with E-state index in [1.165, 1.54) is 50.1 Å². The van der Waals surface area contributed by atoms with Crippen LogP contribution in [0.5, 0.6) is 0 Å². The van der Waals surface area contributed by atoms with Crippen LogP contribution in [0.3, 0.4) is 0 Å². The number of aliphatic imine (C=N–C) groups is 1. The van der Waals surface area contributed by atoms with E-state index in [4.69, 9.17) is 0 Å². The molecule has 0 atom stereocenters. The molecule has 2 N–H and O–H groups in total. The van der Waals surface area contributed by atoms with Crippen molar-refractivity contribution in [3.05, 3.63) is 35.4 Å². The highest BCUT2D eigenvalue weighted by atomic mass is 127. The molecule has 2 aliphatic heterocycles. The van der Waals surface area contributed by atoms with E-state index in [1.807, 2.05) is 7.05 Å². The summed E-state index contributed by atoms with van der Waals surface area (Å²) in [5.74, 6) is 0.921. The zero-order valence-corrected chi connectivity index (χ0v) is 22.3. The molecule has 0 saturated carbocycles. The molecule has 176 valence electrons. The third-order valence-electron chi connectivity index (χ3n) is 6.70. The lowest BCUT2D eigenvalue weighted by molar-refractivity contribution is 0.131. The first-order chi connectivity index (χ1) is 14.6. The number of likely N-dealkylation sites (N-methyl/N-ethyl adjacent to an activating group) is 1. The van der Waals surface area contributed by atoms with Crippen molar-refractivity contribution in [2.45, 2.75) is 58.8 Å². The van der Waals surface area contributed by atoms with Gasteiger partial charge in [0.15, 0.2) is 5.96 Å². The predicted octanol–water partition coefficient (Wildman–Crippen LogP) is 2.98. The summed E-state index contributed by atoms with van der Waals surface area (Å²) in [6, 6.07) is 9.99. The van der Waals surface area contributed by atoms with Crippen molar-refractivity contribution in [2.75, 3.05) is 52.9 Å². The van der Waals surface area contributed by atoms with Gasteiger partial charge in [-0.15, -0.1) is 24.0 Å². The van der Waals surface area contributed by atoms with Crippen LogP contribution in [0.1, 0.15) is 44.7 Å². The average Bonchev–Trinajstić information content (AvgIpc) is 2.78. The smallest absolute Gasteiger partial charge is 0.191 e. The van der Waals surface area contributed by atoms with Gasteiger partial charge < -0.3 is 20.4 Å². The van der Waals surface area contributed by atoms with Crippen molar-refractivity contribution in [3.8, 4) is 0 Å². The molecular formula is C24H43IN6. The van der Waals surface area contributed by atoms with Gasteiger partial charge in [-0.3, -0.25) is 9.89 Å². The molecule has 0 amide bonds. The number of piperazine rings is 1. The van der Waals surface area contributed by atoms with Gasteiger partial charge in [-0.25, -0.2) is 0 Å². The quantitative estimate of drug-likeness (QED) is 0.315. The van der Waals surface area contributed by atoms with E-state index >= 15 is 0 Å². The highest BCUT2D eigenvalue weighted by molar-refractivity contribution is 14.0. The molecule has 2 saturated heterocycles. The second-order valence-electron chi connectivity index (χ2n) is 8.95. The highest BCUT2D eigenvalue weighted by Crippen LogP contribution is 2.15. The van der Waals surface area contributed by atoms with Gasteiger partial charge in [-0.05, 0) is 44.4 Å². The maximum atomic E-state index is 4.48. The van der Waals surface area contributed by atoms with Crippen LogP contribution in [0.15, 0.2) is 29.3 Å². The molecule has 1 aromatic carbocycles. The van der Waals surface area contributed by atoms with E-state index in [9.17, 15) is 0 Å². The van der Waals surface area contributed by atoms with Crippen LogP contribution in [0.25, 0.3) is 0 Å². The van der Waals surface area contributed by atoms with Crippen LogP contribution < -0.4 is 10.6 Å². The summed E-state index contributed by atoms with van der Waals surface area (Å²) >= 11 is 0. The van der Waals surface area contributed by atoms with Crippen LogP contribution >= 0.6 is 24.0 Å². The summed E-state index contributed by atoms with van der Waals surface area (Å²) in [5.41, 5.74) is 2.80. The molecule has 2 fully saturated rings.